The molecule has 0 amide bonds. The first-order chi connectivity index (χ1) is 10.4. The van der Waals surface area contributed by atoms with Gasteiger partial charge in [-0.25, -0.2) is 4.98 Å². The predicted molar refractivity (Wildman–Crippen MR) is 82.9 cm³/mol. The van der Waals surface area contributed by atoms with Crippen LogP contribution in [0.25, 0.3) is 11.4 Å². The highest BCUT2D eigenvalue weighted by Gasteiger charge is 2.21. The van der Waals surface area contributed by atoms with Gasteiger partial charge in [0.2, 0.25) is 0 Å². The van der Waals surface area contributed by atoms with Crippen molar-refractivity contribution < 1.29 is 0 Å². The lowest BCUT2D eigenvalue weighted by molar-refractivity contribution is 0.762. The van der Waals surface area contributed by atoms with Crippen LogP contribution < -0.4 is 5.32 Å². The molecule has 1 aliphatic carbocycles. The molecule has 0 saturated carbocycles. The monoisotopic (exact) mass is 276 g/mol. The molecule has 1 atom stereocenters. The molecule has 1 aliphatic rings. The number of rotatable bonds is 3. The molecule has 2 aromatic carbocycles. The first-order valence-corrected chi connectivity index (χ1v) is 7.20. The van der Waals surface area contributed by atoms with E-state index in [4.69, 9.17) is 0 Å². The lowest BCUT2D eigenvalue weighted by Gasteiger charge is -2.16. The van der Waals surface area contributed by atoms with Crippen LogP contribution in [0.2, 0.25) is 0 Å². The average Bonchev–Trinajstić information content (AvgIpc) is 3.18. The van der Waals surface area contributed by atoms with E-state index < -0.39 is 0 Å². The molecule has 4 nitrogen and oxygen atoms in total. The van der Waals surface area contributed by atoms with E-state index in [0.717, 1.165) is 29.9 Å². The number of aromatic amines is 1. The van der Waals surface area contributed by atoms with Crippen molar-refractivity contribution in [2.75, 3.05) is 5.32 Å². The van der Waals surface area contributed by atoms with E-state index in [1.165, 1.54) is 17.5 Å². The van der Waals surface area contributed by atoms with Gasteiger partial charge in [-0.3, -0.25) is 5.10 Å². The molecule has 0 aliphatic heterocycles. The van der Waals surface area contributed by atoms with Crippen LogP contribution in [0.15, 0.2) is 54.9 Å². The highest BCUT2D eigenvalue weighted by Crippen LogP contribution is 2.34. The fourth-order valence-corrected chi connectivity index (χ4v) is 3.01. The van der Waals surface area contributed by atoms with Gasteiger partial charge >= 0.3 is 0 Å². The highest BCUT2D eigenvalue weighted by molar-refractivity contribution is 5.62. The molecular weight excluding hydrogens is 260 g/mol. The van der Waals surface area contributed by atoms with E-state index in [1.807, 2.05) is 12.1 Å². The molecule has 3 aromatic rings. The first kappa shape index (κ1) is 12.1. The van der Waals surface area contributed by atoms with Gasteiger partial charge in [-0.2, -0.15) is 5.10 Å². The minimum absolute atomic E-state index is 0.395. The maximum Gasteiger partial charge on any atom is 0.155 e. The molecule has 4 rings (SSSR count). The van der Waals surface area contributed by atoms with Crippen LogP contribution in [0.1, 0.15) is 23.6 Å². The van der Waals surface area contributed by atoms with Gasteiger partial charge in [0.1, 0.15) is 6.33 Å². The predicted octanol–water partition coefficient (Wildman–Crippen LogP) is 3.57. The Morgan fingerprint density at radius 2 is 2.05 bits per heavy atom. The molecule has 0 fully saturated rings. The Hall–Kier alpha value is -2.62. The zero-order chi connectivity index (χ0) is 14.1. The van der Waals surface area contributed by atoms with Gasteiger partial charge in [0, 0.05) is 11.3 Å². The summed E-state index contributed by atoms with van der Waals surface area (Å²) in [5.74, 6) is 0.797. The number of hydrogen-bond donors (Lipinski definition) is 2. The third kappa shape index (κ3) is 2.29. The van der Waals surface area contributed by atoms with Crippen LogP contribution in [-0.4, -0.2) is 15.2 Å². The summed E-state index contributed by atoms with van der Waals surface area (Å²) in [6.45, 7) is 0. The molecule has 2 N–H and O–H groups in total. The van der Waals surface area contributed by atoms with Crippen LogP contribution in [-0.2, 0) is 6.42 Å². The Balaban J connectivity index is 1.60. The Labute approximate surface area is 123 Å². The quantitative estimate of drug-likeness (QED) is 0.769. The number of aryl methyl sites for hydroxylation is 1. The summed E-state index contributed by atoms with van der Waals surface area (Å²) in [5, 5.41) is 10.4. The van der Waals surface area contributed by atoms with Crippen molar-refractivity contribution in [3.05, 3.63) is 66.0 Å². The van der Waals surface area contributed by atoms with Crippen LogP contribution in [0, 0.1) is 0 Å². The van der Waals surface area contributed by atoms with E-state index in [2.05, 4.69) is 56.9 Å². The number of aromatic nitrogens is 3. The molecule has 0 unspecified atom stereocenters. The lowest BCUT2D eigenvalue weighted by Crippen LogP contribution is -2.06. The molecule has 0 saturated heterocycles. The van der Waals surface area contributed by atoms with Gasteiger partial charge in [-0.05, 0) is 36.1 Å². The molecular formula is C17H16N4. The molecule has 104 valence electrons. The highest BCUT2D eigenvalue weighted by atomic mass is 15.2. The summed E-state index contributed by atoms with van der Waals surface area (Å²) < 4.78 is 0. The largest absolute Gasteiger partial charge is 0.378 e. The van der Waals surface area contributed by atoms with Crippen LogP contribution in [0.3, 0.4) is 0 Å². The third-order valence-electron chi connectivity index (χ3n) is 4.02. The third-order valence-corrected chi connectivity index (χ3v) is 4.02. The fraction of sp³-hybridized carbons (Fsp3) is 0.176. The second-order valence-corrected chi connectivity index (χ2v) is 5.35. The Bertz CT molecular complexity index is 749. The molecule has 0 bridgehead atoms. The Morgan fingerprint density at radius 3 is 2.95 bits per heavy atom. The average molecular weight is 276 g/mol. The molecule has 4 heteroatoms. The fourth-order valence-electron chi connectivity index (χ4n) is 3.01. The normalized spacial score (nSPS) is 16.7. The zero-order valence-corrected chi connectivity index (χ0v) is 11.6. The topological polar surface area (TPSA) is 53.6 Å². The summed E-state index contributed by atoms with van der Waals surface area (Å²) in [6.07, 6.45) is 3.82. The summed E-state index contributed by atoms with van der Waals surface area (Å²) in [4.78, 5) is 4.20. The number of nitrogens with one attached hydrogen (secondary N) is 2. The summed E-state index contributed by atoms with van der Waals surface area (Å²) in [7, 11) is 0. The van der Waals surface area contributed by atoms with E-state index in [9.17, 15) is 0 Å². The van der Waals surface area contributed by atoms with Crippen molar-refractivity contribution in [1.29, 1.82) is 0 Å². The lowest BCUT2D eigenvalue weighted by atomic mass is 10.1. The van der Waals surface area contributed by atoms with E-state index in [-0.39, 0.29) is 0 Å². The van der Waals surface area contributed by atoms with Gasteiger partial charge < -0.3 is 5.32 Å². The number of nitrogens with zero attached hydrogens (tertiary/aromatic N) is 2. The number of anilines is 1. The second-order valence-electron chi connectivity index (χ2n) is 5.35. The first-order valence-electron chi connectivity index (χ1n) is 7.20. The van der Waals surface area contributed by atoms with Gasteiger partial charge in [0.05, 0.1) is 6.04 Å². The van der Waals surface area contributed by atoms with Crippen molar-refractivity contribution in [1.82, 2.24) is 15.2 Å². The number of hydrogen-bond acceptors (Lipinski definition) is 3. The Morgan fingerprint density at radius 1 is 1.10 bits per heavy atom. The van der Waals surface area contributed by atoms with Crippen molar-refractivity contribution >= 4 is 5.69 Å². The van der Waals surface area contributed by atoms with Gasteiger partial charge in [-0.1, -0.05) is 36.4 Å². The second kappa shape index (κ2) is 5.05. The molecule has 1 aromatic heterocycles. The van der Waals surface area contributed by atoms with Crippen molar-refractivity contribution in [2.45, 2.75) is 18.9 Å². The van der Waals surface area contributed by atoms with Crippen molar-refractivity contribution in [2.24, 2.45) is 0 Å². The zero-order valence-electron chi connectivity index (χ0n) is 11.6. The van der Waals surface area contributed by atoms with Gasteiger partial charge in [0.25, 0.3) is 0 Å². The van der Waals surface area contributed by atoms with Crippen LogP contribution in [0.4, 0.5) is 5.69 Å². The maximum absolute atomic E-state index is 4.20. The smallest absolute Gasteiger partial charge is 0.155 e. The van der Waals surface area contributed by atoms with Crippen molar-refractivity contribution in [3.63, 3.8) is 0 Å². The molecule has 0 spiro atoms. The minimum atomic E-state index is 0.395. The molecule has 21 heavy (non-hydrogen) atoms. The van der Waals surface area contributed by atoms with Crippen molar-refractivity contribution in [3.8, 4) is 11.4 Å². The van der Waals surface area contributed by atoms with Crippen LogP contribution >= 0.6 is 0 Å². The number of benzene rings is 2. The Kier molecular flexibility index (Phi) is 2.92. The minimum Gasteiger partial charge on any atom is -0.378 e. The maximum atomic E-state index is 4.20. The van der Waals surface area contributed by atoms with E-state index in [0.29, 0.717) is 6.04 Å². The van der Waals surface area contributed by atoms with Gasteiger partial charge in [-0.15, -0.1) is 0 Å². The summed E-state index contributed by atoms with van der Waals surface area (Å²) in [5.41, 5.74) is 5.04. The van der Waals surface area contributed by atoms with E-state index in [1.54, 1.807) is 0 Å². The van der Waals surface area contributed by atoms with Crippen LogP contribution in [0.5, 0.6) is 0 Å². The van der Waals surface area contributed by atoms with Gasteiger partial charge in [0.15, 0.2) is 5.82 Å². The summed E-state index contributed by atoms with van der Waals surface area (Å²) >= 11 is 0. The molecule has 0 radical (unpaired) electrons. The molecule has 1 heterocycles. The summed E-state index contributed by atoms with van der Waals surface area (Å²) in [6, 6.07) is 17.4. The van der Waals surface area contributed by atoms with E-state index >= 15 is 0 Å². The number of H-pyrrole nitrogens is 1. The standard InChI is InChI=1S/C17H16N4/c1-2-7-15-12(4-1)8-9-16(15)20-14-6-3-5-13(10-14)17-18-11-19-21-17/h1-7,10-11,16,20H,8-9H2,(H,18,19,21)/t16-/m0/s1. The number of fused-ring (bicyclic) bond motifs is 1. The SMILES string of the molecule is c1cc(N[C@H]2CCc3ccccc32)cc(-c2ncn[nH]2)c1.